The third-order valence-corrected chi connectivity index (χ3v) is 3.50. The van der Waals surface area contributed by atoms with Crippen LogP contribution in [-0.4, -0.2) is 11.5 Å². The maximum atomic E-state index is 6.26. The summed E-state index contributed by atoms with van der Waals surface area (Å²) in [5.74, 6) is 0. The topological polar surface area (TPSA) is 24.9 Å². The Bertz CT molecular complexity index is 579. The van der Waals surface area contributed by atoms with Gasteiger partial charge in [-0.3, -0.25) is 4.98 Å². The van der Waals surface area contributed by atoms with Crippen molar-refractivity contribution in [1.82, 2.24) is 4.98 Å². The molecule has 1 N–H and O–H groups in total. The average molecular weight is 269 g/mol. The molecule has 0 saturated carbocycles. The Morgan fingerprint density at radius 3 is 2.47 bits per heavy atom. The van der Waals surface area contributed by atoms with Gasteiger partial charge in [-0.05, 0) is 38.5 Å². The van der Waals surface area contributed by atoms with E-state index in [1.54, 1.807) is 6.07 Å². The van der Waals surface area contributed by atoms with Crippen molar-refractivity contribution in [3.63, 3.8) is 0 Å². The molecule has 2 nitrogen and oxygen atoms in total. The molecule has 0 radical (unpaired) electrons. The molecule has 0 atom stereocenters. The zero-order chi connectivity index (χ0) is 12.6. The summed E-state index contributed by atoms with van der Waals surface area (Å²) in [5, 5.41) is 5.56. The van der Waals surface area contributed by atoms with Gasteiger partial charge in [0, 0.05) is 23.3 Å². The number of fused-ring (bicyclic) bond motifs is 1. The quantitative estimate of drug-likeness (QED) is 0.862. The van der Waals surface area contributed by atoms with Crippen LogP contribution in [0.25, 0.3) is 10.9 Å². The van der Waals surface area contributed by atoms with Crippen molar-refractivity contribution in [2.24, 2.45) is 0 Å². The Hall–Kier alpha value is -0.990. The summed E-state index contributed by atoms with van der Waals surface area (Å²) in [7, 11) is 0. The highest BCUT2D eigenvalue weighted by molar-refractivity contribution is 6.40. The van der Waals surface area contributed by atoms with Crippen LogP contribution >= 0.6 is 23.2 Å². The Morgan fingerprint density at radius 1 is 1.18 bits per heavy atom. The van der Waals surface area contributed by atoms with Gasteiger partial charge in [0.1, 0.15) is 0 Å². The van der Waals surface area contributed by atoms with Crippen molar-refractivity contribution in [1.29, 1.82) is 0 Å². The van der Waals surface area contributed by atoms with Crippen molar-refractivity contribution in [3.05, 3.63) is 33.4 Å². The van der Waals surface area contributed by atoms with Gasteiger partial charge in [0.15, 0.2) is 0 Å². The third kappa shape index (κ3) is 2.07. The van der Waals surface area contributed by atoms with E-state index < -0.39 is 0 Å². The van der Waals surface area contributed by atoms with Gasteiger partial charge in [-0.15, -0.1) is 0 Å². The first kappa shape index (κ1) is 12.5. The molecule has 0 fully saturated rings. The van der Waals surface area contributed by atoms with Crippen molar-refractivity contribution in [2.75, 3.05) is 11.9 Å². The number of aryl methyl sites for hydroxylation is 1. The number of hydrogen-bond acceptors (Lipinski definition) is 2. The molecule has 17 heavy (non-hydrogen) atoms. The third-order valence-electron chi connectivity index (χ3n) is 2.88. The van der Waals surface area contributed by atoms with E-state index in [2.05, 4.69) is 17.2 Å². The van der Waals surface area contributed by atoms with Gasteiger partial charge in [-0.25, -0.2) is 0 Å². The molecule has 90 valence electrons. The molecule has 0 aliphatic heterocycles. The molecule has 0 saturated heterocycles. The Labute approximate surface area is 111 Å². The molecule has 1 heterocycles. The fourth-order valence-corrected chi connectivity index (χ4v) is 2.35. The lowest BCUT2D eigenvalue weighted by molar-refractivity contribution is 1.16. The Balaban J connectivity index is 2.92. The Kier molecular flexibility index (Phi) is 3.45. The predicted molar refractivity (Wildman–Crippen MR) is 75.4 cm³/mol. The molecule has 0 bridgehead atoms. The largest absolute Gasteiger partial charge is 0.384 e. The first-order valence-corrected chi connectivity index (χ1v) is 6.30. The van der Waals surface area contributed by atoms with E-state index in [1.807, 2.05) is 19.9 Å². The molecular formula is C13H14Cl2N2. The van der Waals surface area contributed by atoms with Crippen LogP contribution in [0, 0.1) is 13.8 Å². The van der Waals surface area contributed by atoms with Gasteiger partial charge < -0.3 is 5.32 Å². The normalized spacial score (nSPS) is 10.9. The van der Waals surface area contributed by atoms with E-state index in [1.165, 1.54) is 0 Å². The number of hydrogen-bond donors (Lipinski definition) is 1. The van der Waals surface area contributed by atoms with Gasteiger partial charge in [-0.1, -0.05) is 23.2 Å². The van der Waals surface area contributed by atoms with Gasteiger partial charge in [0.2, 0.25) is 0 Å². The summed E-state index contributed by atoms with van der Waals surface area (Å²) < 4.78 is 0. The number of nitrogens with zero attached hydrogens (tertiary/aromatic N) is 1. The summed E-state index contributed by atoms with van der Waals surface area (Å²) in [6.45, 7) is 6.91. The molecule has 1 aromatic carbocycles. The van der Waals surface area contributed by atoms with Gasteiger partial charge in [-0.2, -0.15) is 0 Å². The number of nitrogens with one attached hydrogen (secondary N) is 1. The maximum Gasteiger partial charge on any atom is 0.0927 e. The van der Waals surface area contributed by atoms with Crippen LogP contribution in [0.3, 0.4) is 0 Å². The number of anilines is 1. The van der Waals surface area contributed by atoms with Gasteiger partial charge in [0.25, 0.3) is 0 Å². The van der Waals surface area contributed by atoms with E-state index >= 15 is 0 Å². The molecule has 1 aromatic heterocycles. The van der Waals surface area contributed by atoms with Crippen LogP contribution in [0.1, 0.15) is 18.2 Å². The average Bonchev–Trinajstić information content (AvgIpc) is 2.30. The summed E-state index contributed by atoms with van der Waals surface area (Å²) >= 11 is 12.4. The minimum atomic E-state index is 0.631. The van der Waals surface area contributed by atoms with Crippen LogP contribution in [0.4, 0.5) is 5.69 Å². The predicted octanol–water partition coefficient (Wildman–Crippen LogP) is 4.59. The fraction of sp³-hybridized carbons (Fsp3) is 0.308. The van der Waals surface area contributed by atoms with Crippen LogP contribution in [0.5, 0.6) is 0 Å². The number of halogens is 2. The minimum absolute atomic E-state index is 0.631. The lowest BCUT2D eigenvalue weighted by Gasteiger charge is -2.15. The monoisotopic (exact) mass is 268 g/mol. The van der Waals surface area contributed by atoms with Crippen molar-refractivity contribution in [3.8, 4) is 0 Å². The summed E-state index contributed by atoms with van der Waals surface area (Å²) in [6, 6.07) is 3.59. The molecular weight excluding hydrogens is 255 g/mol. The van der Waals surface area contributed by atoms with Crippen molar-refractivity contribution < 1.29 is 0 Å². The lowest BCUT2D eigenvalue weighted by Crippen LogP contribution is -2.03. The van der Waals surface area contributed by atoms with Gasteiger partial charge in [0.05, 0.1) is 15.6 Å². The second-order valence-electron chi connectivity index (χ2n) is 3.98. The second-order valence-corrected chi connectivity index (χ2v) is 4.79. The number of benzene rings is 1. The van der Waals surface area contributed by atoms with Crippen molar-refractivity contribution >= 4 is 39.8 Å². The van der Waals surface area contributed by atoms with E-state index in [0.717, 1.165) is 34.4 Å². The van der Waals surface area contributed by atoms with Crippen molar-refractivity contribution in [2.45, 2.75) is 20.8 Å². The standard InChI is InChI=1S/C13H14Cl2N2/c1-4-16-12-7(2)8(3)17-13-10(15)6-5-9(14)11(12)13/h5-6H,4H2,1-3H3,(H,16,17). The smallest absolute Gasteiger partial charge is 0.0927 e. The van der Waals surface area contributed by atoms with E-state index in [9.17, 15) is 0 Å². The first-order valence-electron chi connectivity index (χ1n) is 5.55. The SMILES string of the molecule is CCNc1c(C)c(C)nc2c(Cl)ccc(Cl)c12. The first-order chi connectivity index (χ1) is 8.06. The lowest BCUT2D eigenvalue weighted by atomic mass is 10.1. The molecule has 0 unspecified atom stereocenters. The summed E-state index contributed by atoms with van der Waals surface area (Å²) in [6.07, 6.45) is 0. The summed E-state index contributed by atoms with van der Waals surface area (Å²) in [5.41, 5.74) is 3.88. The highest BCUT2D eigenvalue weighted by atomic mass is 35.5. The highest BCUT2D eigenvalue weighted by Gasteiger charge is 2.13. The van der Waals surface area contributed by atoms with Crippen LogP contribution < -0.4 is 5.32 Å². The summed E-state index contributed by atoms with van der Waals surface area (Å²) in [4.78, 5) is 4.52. The molecule has 2 rings (SSSR count). The zero-order valence-corrected chi connectivity index (χ0v) is 11.6. The number of pyridine rings is 1. The second kappa shape index (κ2) is 4.71. The number of rotatable bonds is 2. The molecule has 2 aromatic rings. The molecule has 4 heteroatoms. The minimum Gasteiger partial charge on any atom is -0.384 e. The molecule has 0 spiro atoms. The van der Waals surface area contributed by atoms with Crippen LogP contribution in [-0.2, 0) is 0 Å². The van der Waals surface area contributed by atoms with E-state index in [4.69, 9.17) is 23.2 Å². The Morgan fingerprint density at radius 2 is 1.82 bits per heavy atom. The van der Waals surface area contributed by atoms with Crippen LogP contribution in [0.15, 0.2) is 12.1 Å². The van der Waals surface area contributed by atoms with Gasteiger partial charge >= 0.3 is 0 Å². The zero-order valence-electron chi connectivity index (χ0n) is 10.1. The molecule has 0 aliphatic carbocycles. The van der Waals surface area contributed by atoms with E-state index in [0.29, 0.717) is 10.0 Å². The number of aromatic nitrogens is 1. The maximum absolute atomic E-state index is 6.26. The highest BCUT2D eigenvalue weighted by Crippen LogP contribution is 2.36. The molecule has 0 amide bonds. The van der Waals surface area contributed by atoms with Crippen LogP contribution in [0.2, 0.25) is 10.0 Å². The molecule has 0 aliphatic rings. The fourth-order valence-electron chi connectivity index (χ4n) is 1.91. The van der Waals surface area contributed by atoms with E-state index in [-0.39, 0.29) is 0 Å².